The topological polar surface area (TPSA) is 6.48 Å². The molecule has 0 fully saturated rings. The number of para-hydroxylation sites is 2. The maximum atomic E-state index is 2.65. The van der Waals surface area contributed by atoms with E-state index in [1.54, 1.807) is 0 Å². The molecule has 2 heterocycles. The second-order valence-electron chi connectivity index (χ2n) is 37.9. The molecule has 0 saturated heterocycles. The maximum Gasteiger partial charge on any atom is 0.252 e. The van der Waals surface area contributed by atoms with Gasteiger partial charge >= 0.3 is 0 Å². The Morgan fingerprint density at radius 1 is 0.179 bits per heavy atom. The lowest BCUT2D eigenvalue weighted by Crippen LogP contribution is -2.74. The van der Waals surface area contributed by atoms with Crippen LogP contribution in [0.15, 0.2) is 419 Å². The number of benzene rings is 17. The number of hydrogen-bond acceptors (Lipinski definition) is 2. The lowest BCUT2D eigenvalue weighted by Gasteiger charge is -2.45. The molecule has 2 nitrogen and oxygen atoms in total. The van der Waals surface area contributed by atoms with Gasteiger partial charge in [0.15, 0.2) is 16.1 Å². The van der Waals surface area contributed by atoms with E-state index in [1.165, 1.54) is 125 Å². The van der Waals surface area contributed by atoms with Gasteiger partial charge in [0.2, 0.25) is 0 Å². The molecule has 0 radical (unpaired) electrons. The Balaban J connectivity index is 0.888. The largest absolute Gasteiger partial charge is 0.311 e. The van der Waals surface area contributed by atoms with E-state index in [1.807, 2.05) is 0 Å². The Hall–Kier alpha value is -13.2. The van der Waals surface area contributed by atoms with Crippen molar-refractivity contribution in [1.29, 1.82) is 0 Å². The molecule has 0 spiro atoms. The van der Waals surface area contributed by atoms with Crippen LogP contribution >= 0.6 is 0 Å². The first-order valence-corrected chi connectivity index (χ1v) is 47.8. The summed E-state index contributed by atoms with van der Waals surface area (Å²) >= 11 is 0. The standard InChI is InChI=1S/C118H105BN2Si2/c1-115(2,3)88-72-86(73-89(80-88)116(4,5)6)102-60-33-31-58-100(102)84-68-70-110-106(78-84)119-107-79-85(101-59-32-34-61-103(101)87-74-90(117(7,8)9)81-91(75-87)118(10,11)12)69-71-111(107)121(109-65-38-36-63-105(109)83-43-40-57-99(77-83)123(95-50-25-16-26-51-95,96-52-27-17-28-53-96)97-54-29-18-30-55-97)113-67-41-66-112(114(113)119)120(110)108-64-37-35-62-104(108)82-42-39-56-98(76-82)122(92-44-19-13-20-45-92,93-46-21-14-22-47-93)94-48-23-15-24-49-94/h13-81H,1-12H3. The maximum absolute atomic E-state index is 3.00. The van der Waals surface area contributed by atoms with Crippen molar-refractivity contribution < 1.29 is 0 Å². The smallest absolute Gasteiger partial charge is 0.252 e. The average molecular weight is 1620 g/mol. The van der Waals surface area contributed by atoms with Gasteiger partial charge in [-0.25, -0.2) is 0 Å². The average Bonchev–Trinajstić information content (AvgIpc) is 0.690. The fourth-order valence-corrected chi connectivity index (χ4v) is 29.5. The van der Waals surface area contributed by atoms with Crippen LogP contribution in [0.5, 0.6) is 0 Å². The van der Waals surface area contributed by atoms with Gasteiger partial charge in [0, 0.05) is 33.9 Å². The van der Waals surface area contributed by atoms with Crippen LogP contribution < -0.4 is 67.7 Å². The summed E-state index contributed by atoms with van der Waals surface area (Å²) < 4.78 is 0. The molecule has 17 aromatic carbocycles. The molecule has 0 amide bonds. The third-order valence-electron chi connectivity index (χ3n) is 26.2. The van der Waals surface area contributed by atoms with E-state index in [0.717, 1.165) is 56.4 Å². The van der Waals surface area contributed by atoms with Crippen molar-refractivity contribution in [2.24, 2.45) is 0 Å². The molecule has 0 bridgehead atoms. The molecule has 598 valence electrons. The molecule has 2 aliphatic heterocycles. The van der Waals surface area contributed by atoms with E-state index in [0.29, 0.717) is 0 Å². The van der Waals surface area contributed by atoms with Gasteiger partial charge in [-0.1, -0.05) is 465 Å². The molecule has 0 atom stereocenters. The molecule has 2 aliphatic rings. The normalized spacial score (nSPS) is 12.8. The van der Waals surface area contributed by atoms with Gasteiger partial charge in [0.25, 0.3) is 6.71 Å². The monoisotopic (exact) mass is 1620 g/mol. The molecule has 19 rings (SSSR count). The second kappa shape index (κ2) is 31.7. The van der Waals surface area contributed by atoms with Crippen molar-refractivity contribution in [1.82, 2.24) is 0 Å². The van der Waals surface area contributed by atoms with Gasteiger partial charge in [0.1, 0.15) is 0 Å². The minimum Gasteiger partial charge on any atom is -0.311 e. The van der Waals surface area contributed by atoms with Gasteiger partial charge in [-0.15, -0.1) is 0 Å². The van der Waals surface area contributed by atoms with E-state index >= 15 is 0 Å². The van der Waals surface area contributed by atoms with E-state index < -0.39 is 16.1 Å². The first kappa shape index (κ1) is 79.6. The lowest BCUT2D eigenvalue weighted by atomic mass is 9.33. The predicted octanol–water partition coefficient (Wildman–Crippen LogP) is 23.7. The van der Waals surface area contributed by atoms with Crippen LogP contribution in [0.3, 0.4) is 0 Å². The fraction of sp³-hybridized carbons (Fsp3) is 0.136. The zero-order valence-electron chi connectivity index (χ0n) is 72.8. The first-order chi connectivity index (χ1) is 59.5. The van der Waals surface area contributed by atoms with Crippen molar-refractivity contribution in [3.63, 3.8) is 0 Å². The van der Waals surface area contributed by atoms with Gasteiger partial charge in [-0.05, 0) is 194 Å². The second-order valence-corrected chi connectivity index (χ2v) is 45.6. The van der Waals surface area contributed by atoms with Gasteiger partial charge in [0.05, 0.1) is 11.4 Å². The van der Waals surface area contributed by atoms with E-state index in [-0.39, 0.29) is 28.4 Å². The van der Waals surface area contributed by atoms with Gasteiger partial charge < -0.3 is 9.80 Å². The van der Waals surface area contributed by atoms with Gasteiger partial charge in [-0.3, -0.25) is 0 Å². The summed E-state index contributed by atoms with van der Waals surface area (Å²) in [6.45, 7) is 27.9. The van der Waals surface area contributed by atoms with Crippen molar-refractivity contribution in [2.45, 2.75) is 105 Å². The summed E-state index contributed by atoms with van der Waals surface area (Å²) in [5.41, 5.74) is 29.6. The first-order valence-electron chi connectivity index (χ1n) is 43.8. The van der Waals surface area contributed by atoms with E-state index in [9.17, 15) is 0 Å². The molecule has 0 unspecified atom stereocenters. The minimum absolute atomic E-state index is 0.0851. The third-order valence-corrected chi connectivity index (χ3v) is 35.7. The molecule has 0 N–H and O–H groups in total. The highest BCUT2D eigenvalue weighted by molar-refractivity contribution is 7.20. The molecule has 0 aromatic heterocycles. The van der Waals surface area contributed by atoms with Crippen LogP contribution in [0.25, 0.3) is 66.8 Å². The van der Waals surface area contributed by atoms with E-state index in [4.69, 9.17) is 0 Å². The predicted molar refractivity (Wildman–Crippen MR) is 535 cm³/mol. The molecular weight excluding hydrogens is 1510 g/mol. The Morgan fingerprint density at radius 3 is 0.707 bits per heavy atom. The van der Waals surface area contributed by atoms with E-state index in [2.05, 4.69) is 511 Å². The van der Waals surface area contributed by atoms with Crippen LogP contribution in [0, 0.1) is 0 Å². The molecule has 123 heavy (non-hydrogen) atoms. The zero-order chi connectivity index (χ0) is 84.6. The van der Waals surface area contributed by atoms with Crippen molar-refractivity contribution in [3.8, 4) is 66.8 Å². The van der Waals surface area contributed by atoms with Crippen molar-refractivity contribution in [2.75, 3.05) is 9.80 Å². The number of rotatable bonds is 16. The highest BCUT2D eigenvalue weighted by Crippen LogP contribution is 2.50. The summed E-state index contributed by atoms with van der Waals surface area (Å²) in [6, 6.07) is 161. The summed E-state index contributed by atoms with van der Waals surface area (Å²) in [6.07, 6.45) is 0. The molecule has 0 saturated carbocycles. The van der Waals surface area contributed by atoms with Crippen LogP contribution in [-0.4, -0.2) is 22.9 Å². The van der Waals surface area contributed by atoms with Crippen molar-refractivity contribution in [3.05, 3.63) is 441 Å². The fourth-order valence-electron chi connectivity index (χ4n) is 19.9. The SMILES string of the molecule is CC(C)(C)c1cc(-c2ccccc2-c2ccc3c(c2)B2c4cc(-c5ccccc5-c5cc(C(C)(C)C)cc(C(C)(C)C)c5)ccc4N(c4ccccc4-c4cccc([Si](c5ccccc5)(c5ccccc5)c5ccccc5)c4)c4cccc(c42)N3c2ccccc2-c2cccc([Si](c3ccccc3)(c3ccccc3)c3ccccc3)c2)cc(C(C)(C)C)c1. The molecular formula is C118H105BN2Si2. The quantitative estimate of drug-likeness (QED) is 0.0703. The highest BCUT2D eigenvalue weighted by atomic mass is 28.3. The molecule has 17 aromatic rings. The zero-order valence-corrected chi connectivity index (χ0v) is 74.8. The lowest BCUT2D eigenvalue weighted by molar-refractivity contribution is 0.568. The molecule has 5 heteroatoms. The van der Waals surface area contributed by atoms with Crippen molar-refractivity contribution >= 4 is 115 Å². The minimum atomic E-state index is -3.00. The Kier molecular flexibility index (Phi) is 20.5. The summed E-state index contributed by atoms with van der Waals surface area (Å²) in [7, 11) is -5.99. The third kappa shape index (κ3) is 14.3. The van der Waals surface area contributed by atoms with Crippen LogP contribution in [-0.2, 0) is 21.7 Å². The van der Waals surface area contributed by atoms with Crippen LogP contribution in [0.4, 0.5) is 34.1 Å². The highest BCUT2D eigenvalue weighted by Gasteiger charge is 2.47. The van der Waals surface area contributed by atoms with Crippen LogP contribution in [0.2, 0.25) is 0 Å². The Morgan fingerprint density at radius 2 is 0.415 bits per heavy atom. The Bertz CT molecular complexity index is 6130. The Labute approximate surface area is 731 Å². The number of nitrogens with zero attached hydrogens (tertiary/aromatic N) is 2. The van der Waals surface area contributed by atoms with Crippen LogP contribution in [0.1, 0.15) is 105 Å². The van der Waals surface area contributed by atoms with Gasteiger partial charge in [-0.2, -0.15) is 0 Å². The summed E-state index contributed by atoms with van der Waals surface area (Å²) in [5.74, 6) is 0. The number of hydrogen-bond donors (Lipinski definition) is 0. The number of anilines is 6. The number of fused-ring (bicyclic) bond motifs is 4. The summed E-state index contributed by atoms with van der Waals surface area (Å²) in [4.78, 5) is 5.30. The molecule has 0 aliphatic carbocycles. The summed E-state index contributed by atoms with van der Waals surface area (Å²) in [5, 5.41) is 10.7.